The fourth-order valence-electron chi connectivity index (χ4n) is 11.5. The number of aliphatic hydroxyl groups excluding tert-OH is 1. The van der Waals surface area contributed by atoms with E-state index in [1.807, 2.05) is 96.7 Å². The van der Waals surface area contributed by atoms with Crippen LogP contribution in [0.25, 0.3) is 21.3 Å². The van der Waals surface area contributed by atoms with Gasteiger partial charge in [0.2, 0.25) is 5.91 Å². The molecule has 2 amide bonds. The summed E-state index contributed by atoms with van der Waals surface area (Å²) < 4.78 is 7.55. The van der Waals surface area contributed by atoms with E-state index in [2.05, 4.69) is 43.0 Å². The summed E-state index contributed by atoms with van der Waals surface area (Å²) in [5.74, 6) is 2.20. The lowest BCUT2D eigenvalue weighted by atomic mass is 9.84. The first kappa shape index (κ1) is 47.7. The molecule has 3 fully saturated rings. The third kappa shape index (κ3) is 9.94. The number of thiazole rings is 1. The van der Waals surface area contributed by atoms with Gasteiger partial charge in [0.25, 0.3) is 5.91 Å². The SMILES string of the molecule is Cc1cc(OC2CCC(CCCN3CCN(c4ccc5c(n4)N(C)NC5C4CCC(O)NC4=O)CC3)CC2)ccc1-c1ccc(N2CCc3cccc(C(=O)Nc4nc5ccccc5s4)c3C2)nc1C(=O)O. The zero-order valence-corrected chi connectivity index (χ0v) is 41.7. The van der Waals surface area contributed by atoms with Gasteiger partial charge in [-0.05, 0) is 154 Å². The van der Waals surface area contributed by atoms with Crippen LogP contribution in [-0.4, -0.2) is 106 Å². The molecule has 3 atom stereocenters. The number of hydrogen-bond donors (Lipinski definition) is 5. The number of anilines is 4. The number of ether oxygens (including phenoxy) is 1. The predicted octanol–water partition coefficient (Wildman–Crippen LogP) is 7.96. The molecule has 6 aromatic rings. The Morgan fingerprint density at radius 3 is 2.43 bits per heavy atom. The molecule has 72 heavy (non-hydrogen) atoms. The maximum atomic E-state index is 13.6. The van der Waals surface area contributed by atoms with Crippen LogP contribution in [0, 0.1) is 18.8 Å². The Morgan fingerprint density at radius 2 is 1.64 bits per heavy atom. The van der Waals surface area contributed by atoms with Gasteiger partial charge in [-0.15, -0.1) is 0 Å². The number of carboxylic acids is 1. The van der Waals surface area contributed by atoms with E-state index in [-0.39, 0.29) is 35.6 Å². The maximum Gasteiger partial charge on any atom is 0.355 e. The third-order valence-corrected chi connectivity index (χ3v) is 16.4. The smallest absolute Gasteiger partial charge is 0.355 e. The highest BCUT2D eigenvalue weighted by Gasteiger charge is 2.40. The van der Waals surface area contributed by atoms with Crippen molar-refractivity contribution in [2.45, 2.75) is 89.6 Å². The topological polar surface area (TPSA) is 189 Å². The summed E-state index contributed by atoms with van der Waals surface area (Å²) in [5.41, 5.74) is 10.1. The largest absolute Gasteiger partial charge is 0.490 e. The lowest BCUT2D eigenvalue weighted by molar-refractivity contribution is -0.132. The second-order valence-electron chi connectivity index (χ2n) is 20.1. The van der Waals surface area contributed by atoms with Gasteiger partial charge in [-0.3, -0.25) is 24.8 Å². The minimum atomic E-state index is -1.10. The molecule has 2 saturated heterocycles. The molecule has 3 aromatic carbocycles. The highest BCUT2D eigenvalue weighted by atomic mass is 32.1. The average Bonchev–Trinajstić information content (AvgIpc) is 3.95. The fraction of sp³-hybridized carbons (Fsp3) is 0.418. The number of nitrogens with zero attached hydrogens (tertiary/aromatic N) is 7. The first-order valence-corrected chi connectivity index (χ1v) is 26.3. The second kappa shape index (κ2) is 20.5. The Hall–Kier alpha value is -6.66. The van der Waals surface area contributed by atoms with Crippen molar-refractivity contribution in [3.63, 3.8) is 0 Å². The standard InChI is InChI=1S/C55H62N10O6S/c1-33-31-37(71-36-14-12-34(13-15-36)7-6-25-63-27-29-64(30-28-63)47-22-19-41-49(61-62(2)51(41)58-47)42-20-23-48(66)59-53(42)68)16-17-38(33)39-18-21-46(57-50(39)54(69)70)65-26-24-35-8-5-9-40(43(35)32-65)52(67)60-55-56-44-10-3-4-11-45(44)72-55/h3-5,8-11,16-19,21-22,31,34,36,42,48-49,61,66H,6-7,12-15,20,23-30,32H2,1-2H3,(H,59,68)(H,69,70)(H,56,60,67). The van der Waals surface area contributed by atoms with Crippen molar-refractivity contribution in [2.75, 3.05) is 66.4 Å². The van der Waals surface area contributed by atoms with Gasteiger partial charge >= 0.3 is 5.97 Å². The number of pyridine rings is 2. The van der Waals surface area contributed by atoms with Gasteiger partial charge in [-0.2, -0.15) is 0 Å². The molecule has 0 spiro atoms. The number of piperidine rings is 1. The van der Waals surface area contributed by atoms with Crippen molar-refractivity contribution in [3.8, 4) is 16.9 Å². The maximum absolute atomic E-state index is 13.6. The van der Waals surface area contributed by atoms with Crippen LogP contribution in [0.2, 0.25) is 0 Å². The number of benzene rings is 3. The van der Waals surface area contributed by atoms with E-state index in [1.165, 1.54) is 24.2 Å². The molecule has 4 aliphatic heterocycles. The van der Waals surface area contributed by atoms with E-state index in [4.69, 9.17) is 14.7 Å². The Kier molecular flexibility index (Phi) is 13.5. The number of carboxylic acid groups (broad SMARTS) is 1. The van der Waals surface area contributed by atoms with Crippen molar-refractivity contribution in [1.29, 1.82) is 0 Å². The number of aromatic carboxylic acids is 1. The number of hydrogen-bond acceptors (Lipinski definition) is 14. The monoisotopic (exact) mass is 990 g/mol. The Labute approximate surface area is 423 Å². The number of rotatable bonds is 13. The molecule has 16 nitrogen and oxygen atoms in total. The number of fused-ring (bicyclic) bond motifs is 3. The fourth-order valence-corrected chi connectivity index (χ4v) is 12.4. The molecule has 5 N–H and O–H groups in total. The summed E-state index contributed by atoms with van der Waals surface area (Å²) in [5, 5.41) is 28.5. The lowest BCUT2D eigenvalue weighted by Crippen LogP contribution is -2.48. The van der Waals surface area contributed by atoms with Crippen LogP contribution < -0.4 is 35.6 Å². The summed E-state index contributed by atoms with van der Waals surface area (Å²) in [6, 6.07) is 27.3. The van der Waals surface area contributed by atoms with Gasteiger partial charge in [0.15, 0.2) is 10.8 Å². The number of aryl methyl sites for hydroxylation is 1. The minimum absolute atomic E-state index is 0.0121. The van der Waals surface area contributed by atoms with Crippen LogP contribution in [0.4, 0.5) is 22.6 Å². The van der Waals surface area contributed by atoms with E-state index in [0.29, 0.717) is 60.3 Å². The number of piperazine rings is 1. The van der Waals surface area contributed by atoms with Gasteiger partial charge in [-0.25, -0.2) is 25.2 Å². The number of carbonyl (C=O) groups is 3. The molecule has 0 bridgehead atoms. The average molecular weight is 991 g/mol. The van der Waals surface area contributed by atoms with Crippen LogP contribution >= 0.6 is 11.3 Å². The molecule has 3 aromatic heterocycles. The van der Waals surface area contributed by atoms with Gasteiger partial charge in [-0.1, -0.05) is 41.7 Å². The first-order chi connectivity index (χ1) is 35.0. The Morgan fingerprint density at radius 1 is 0.847 bits per heavy atom. The number of aliphatic hydroxyl groups is 1. The van der Waals surface area contributed by atoms with Crippen molar-refractivity contribution >= 4 is 61.9 Å². The minimum Gasteiger partial charge on any atom is -0.490 e. The summed E-state index contributed by atoms with van der Waals surface area (Å²) in [4.78, 5) is 60.4. The van der Waals surface area contributed by atoms with E-state index >= 15 is 0 Å². The van der Waals surface area contributed by atoms with Crippen LogP contribution in [0.3, 0.4) is 0 Å². The number of para-hydroxylation sites is 1. The zero-order valence-electron chi connectivity index (χ0n) is 40.8. The van der Waals surface area contributed by atoms with Crippen LogP contribution in [0.15, 0.2) is 84.9 Å². The number of aromatic nitrogens is 3. The van der Waals surface area contributed by atoms with Crippen LogP contribution in [0.1, 0.15) is 101 Å². The summed E-state index contributed by atoms with van der Waals surface area (Å²) >= 11 is 1.44. The zero-order chi connectivity index (χ0) is 49.5. The summed E-state index contributed by atoms with van der Waals surface area (Å²) in [7, 11) is 1.95. The molecule has 11 rings (SSSR count). The van der Waals surface area contributed by atoms with E-state index in [9.17, 15) is 24.6 Å². The quantitative estimate of drug-likeness (QED) is 0.0750. The molecule has 0 radical (unpaired) electrons. The molecule has 7 heterocycles. The summed E-state index contributed by atoms with van der Waals surface area (Å²) in [6.45, 7) is 8.01. The third-order valence-electron chi connectivity index (χ3n) is 15.5. The number of carbonyl (C=O) groups excluding carboxylic acids is 2. The normalized spacial score (nSPS) is 22.3. The molecule has 1 aliphatic carbocycles. The number of nitrogens with one attached hydrogen (secondary N) is 3. The van der Waals surface area contributed by atoms with Gasteiger partial charge in [0, 0.05) is 63.0 Å². The highest BCUT2D eigenvalue weighted by molar-refractivity contribution is 7.22. The Bertz CT molecular complexity index is 2970. The molecule has 1 saturated carbocycles. The van der Waals surface area contributed by atoms with E-state index in [0.717, 1.165) is 114 Å². The van der Waals surface area contributed by atoms with Gasteiger partial charge < -0.3 is 30.1 Å². The van der Waals surface area contributed by atoms with Gasteiger partial charge in [0.05, 0.1) is 28.3 Å². The number of hydrazine groups is 1. The molecular weight excluding hydrogens is 929 g/mol. The molecule has 3 unspecified atom stereocenters. The molecule has 17 heteroatoms. The second-order valence-corrected chi connectivity index (χ2v) is 21.1. The van der Waals surface area contributed by atoms with Crippen molar-refractivity contribution in [2.24, 2.45) is 11.8 Å². The number of amides is 2. The summed E-state index contributed by atoms with van der Waals surface area (Å²) in [6.07, 6.45) is 8.00. The van der Waals surface area contributed by atoms with E-state index in [1.54, 1.807) is 0 Å². The Balaban J connectivity index is 0.643. The van der Waals surface area contributed by atoms with Crippen LogP contribution in [-0.2, 0) is 17.8 Å². The predicted molar refractivity (Wildman–Crippen MR) is 280 cm³/mol. The highest BCUT2D eigenvalue weighted by Crippen LogP contribution is 2.40. The molecular formula is C55H62N10O6S. The first-order valence-electron chi connectivity index (χ1n) is 25.5. The van der Waals surface area contributed by atoms with Crippen molar-refractivity contribution in [3.05, 3.63) is 118 Å². The lowest BCUT2D eigenvalue weighted by Gasteiger charge is -2.36. The molecule has 5 aliphatic rings. The van der Waals surface area contributed by atoms with E-state index < -0.39 is 12.2 Å². The van der Waals surface area contributed by atoms with Crippen molar-refractivity contribution in [1.82, 2.24) is 30.6 Å². The van der Waals surface area contributed by atoms with Crippen molar-refractivity contribution < 1.29 is 29.3 Å². The van der Waals surface area contributed by atoms with Gasteiger partial charge in [0.1, 0.15) is 29.4 Å². The molecule has 374 valence electrons. The van der Waals surface area contributed by atoms with Crippen LogP contribution in [0.5, 0.6) is 5.75 Å².